The Morgan fingerprint density at radius 3 is 2.53 bits per heavy atom. The van der Waals surface area contributed by atoms with Crippen molar-refractivity contribution in [3.05, 3.63) is 24.7 Å². The zero-order valence-corrected chi connectivity index (χ0v) is 10.4. The van der Waals surface area contributed by atoms with E-state index in [1.54, 1.807) is 24.7 Å². The molecule has 2 N–H and O–H groups in total. The summed E-state index contributed by atoms with van der Waals surface area (Å²) in [6.07, 6.45) is 6.55. The van der Waals surface area contributed by atoms with E-state index in [1.165, 1.54) is 6.42 Å². The van der Waals surface area contributed by atoms with Crippen molar-refractivity contribution in [2.45, 2.75) is 6.42 Å². The molecule has 3 heterocycles. The van der Waals surface area contributed by atoms with E-state index >= 15 is 0 Å². The van der Waals surface area contributed by atoms with Crippen molar-refractivity contribution in [2.24, 2.45) is 11.8 Å². The van der Waals surface area contributed by atoms with E-state index in [-0.39, 0.29) is 0 Å². The highest BCUT2D eigenvalue weighted by molar-refractivity contribution is 5.54. The quantitative estimate of drug-likeness (QED) is 0.860. The van der Waals surface area contributed by atoms with Gasteiger partial charge in [-0.2, -0.15) is 0 Å². The molecule has 1 saturated heterocycles. The molecule has 19 heavy (non-hydrogen) atoms. The molecule has 2 fully saturated rings. The van der Waals surface area contributed by atoms with Gasteiger partial charge in [0.2, 0.25) is 5.95 Å². The van der Waals surface area contributed by atoms with Gasteiger partial charge >= 0.3 is 0 Å². The first-order chi connectivity index (χ1) is 9.29. The summed E-state index contributed by atoms with van der Waals surface area (Å²) in [6.45, 7) is 2.19. The number of hydrogen-bond acceptors (Lipinski definition) is 6. The second kappa shape index (κ2) is 3.88. The van der Waals surface area contributed by atoms with Crippen molar-refractivity contribution < 1.29 is 0 Å². The Morgan fingerprint density at radius 1 is 1.11 bits per heavy atom. The van der Waals surface area contributed by atoms with E-state index in [2.05, 4.69) is 24.8 Å². The van der Waals surface area contributed by atoms with E-state index in [0.717, 1.165) is 36.4 Å². The number of rotatable bonds is 2. The van der Waals surface area contributed by atoms with E-state index in [0.29, 0.717) is 11.6 Å². The standard InChI is InChI=1S/C13H14N6/c14-11-1-2-15-12(18-11)10-4-16-13(17-5-10)19-6-8-3-9(8)7-19/h1-2,4-5,8-9H,3,6-7H2,(H2,14,15,18). The molecule has 2 unspecified atom stereocenters. The highest BCUT2D eigenvalue weighted by Crippen LogP contribution is 2.45. The van der Waals surface area contributed by atoms with Crippen LogP contribution in [0.3, 0.4) is 0 Å². The van der Waals surface area contributed by atoms with Gasteiger partial charge in [-0.15, -0.1) is 0 Å². The monoisotopic (exact) mass is 254 g/mol. The molecular formula is C13H14N6. The van der Waals surface area contributed by atoms with E-state index in [4.69, 9.17) is 5.73 Å². The molecule has 1 saturated carbocycles. The zero-order chi connectivity index (χ0) is 12.8. The average molecular weight is 254 g/mol. The minimum Gasteiger partial charge on any atom is -0.384 e. The molecule has 6 nitrogen and oxygen atoms in total. The van der Waals surface area contributed by atoms with Crippen LogP contribution in [0.25, 0.3) is 11.4 Å². The first-order valence-electron chi connectivity index (χ1n) is 6.45. The molecular weight excluding hydrogens is 240 g/mol. The summed E-state index contributed by atoms with van der Waals surface area (Å²) < 4.78 is 0. The smallest absolute Gasteiger partial charge is 0.225 e. The van der Waals surface area contributed by atoms with Gasteiger partial charge in [-0.1, -0.05) is 0 Å². The van der Waals surface area contributed by atoms with Crippen molar-refractivity contribution in [3.63, 3.8) is 0 Å². The molecule has 4 rings (SSSR count). The van der Waals surface area contributed by atoms with Crippen molar-refractivity contribution in [1.29, 1.82) is 0 Å². The van der Waals surface area contributed by atoms with Crippen LogP contribution in [0.1, 0.15) is 6.42 Å². The lowest BCUT2D eigenvalue weighted by atomic mass is 10.3. The lowest BCUT2D eigenvalue weighted by molar-refractivity contribution is 0.787. The third kappa shape index (κ3) is 1.89. The Morgan fingerprint density at radius 2 is 1.84 bits per heavy atom. The predicted molar refractivity (Wildman–Crippen MR) is 71.3 cm³/mol. The molecule has 1 aliphatic carbocycles. The first-order valence-corrected chi connectivity index (χ1v) is 6.45. The molecule has 6 heteroatoms. The molecule has 2 atom stereocenters. The number of aromatic nitrogens is 4. The van der Waals surface area contributed by atoms with Crippen molar-refractivity contribution >= 4 is 11.8 Å². The number of nitrogen functional groups attached to an aromatic ring is 1. The lowest BCUT2D eigenvalue weighted by Gasteiger charge is -2.17. The van der Waals surface area contributed by atoms with E-state index in [1.807, 2.05) is 0 Å². The van der Waals surface area contributed by atoms with Gasteiger partial charge in [0.1, 0.15) is 5.82 Å². The van der Waals surface area contributed by atoms with Crippen LogP contribution >= 0.6 is 0 Å². The fourth-order valence-electron chi connectivity index (χ4n) is 2.67. The molecule has 0 spiro atoms. The predicted octanol–water partition coefficient (Wildman–Crippen LogP) is 0.972. The van der Waals surface area contributed by atoms with Gasteiger partial charge in [0.15, 0.2) is 5.82 Å². The second-order valence-electron chi connectivity index (χ2n) is 5.24. The van der Waals surface area contributed by atoms with E-state index in [9.17, 15) is 0 Å². The fourth-order valence-corrected chi connectivity index (χ4v) is 2.67. The maximum absolute atomic E-state index is 5.65. The van der Waals surface area contributed by atoms with Crippen molar-refractivity contribution in [1.82, 2.24) is 19.9 Å². The maximum atomic E-state index is 5.65. The van der Waals surface area contributed by atoms with Gasteiger partial charge in [-0.25, -0.2) is 19.9 Å². The number of fused-ring (bicyclic) bond motifs is 1. The van der Waals surface area contributed by atoms with Crippen molar-refractivity contribution in [3.8, 4) is 11.4 Å². The summed E-state index contributed by atoms with van der Waals surface area (Å²) in [5, 5.41) is 0. The SMILES string of the molecule is Nc1ccnc(-c2cnc(N3CC4CC4C3)nc2)n1. The summed E-state index contributed by atoms with van der Waals surface area (Å²) in [4.78, 5) is 19.4. The van der Waals surface area contributed by atoms with Crippen LogP contribution in [0.15, 0.2) is 24.7 Å². The van der Waals surface area contributed by atoms with Crippen LogP contribution in [0, 0.1) is 11.8 Å². The zero-order valence-electron chi connectivity index (χ0n) is 10.4. The molecule has 2 aliphatic rings. The van der Waals surface area contributed by atoms with Gasteiger partial charge in [0, 0.05) is 31.7 Å². The summed E-state index contributed by atoms with van der Waals surface area (Å²) in [5.41, 5.74) is 6.44. The number of hydrogen-bond donors (Lipinski definition) is 1. The Balaban J connectivity index is 1.58. The van der Waals surface area contributed by atoms with E-state index < -0.39 is 0 Å². The molecule has 0 amide bonds. The van der Waals surface area contributed by atoms with Gasteiger partial charge in [0.25, 0.3) is 0 Å². The number of piperidine rings is 1. The number of nitrogens with zero attached hydrogens (tertiary/aromatic N) is 5. The second-order valence-corrected chi connectivity index (χ2v) is 5.24. The van der Waals surface area contributed by atoms with Crippen LogP contribution in [0.5, 0.6) is 0 Å². The summed E-state index contributed by atoms with van der Waals surface area (Å²) in [5.74, 6) is 3.57. The normalized spacial score (nSPS) is 24.3. The molecule has 2 aromatic heterocycles. The third-order valence-corrected chi connectivity index (χ3v) is 3.84. The minimum atomic E-state index is 0.453. The van der Waals surface area contributed by atoms with Gasteiger partial charge in [0.05, 0.1) is 5.56 Å². The van der Waals surface area contributed by atoms with Crippen LogP contribution in [0.2, 0.25) is 0 Å². The Hall–Kier alpha value is -2.24. The topological polar surface area (TPSA) is 80.8 Å². The summed E-state index contributed by atoms with van der Waals surface area (Å²) in [6, 6.07) is 1.66. The minimum absolute atomic E-state index is 0.453. The van der Waals surface area contributed by atoms with Gasteiger partial charge in [-0.3, -0.25) is 0 Å². The highest BCUT2D eigenvalue weighted by Gasteiger charge is 2.45. The molecule has 1 aliphatic heterocycles. The first kappa shape index (κ1) is 10.7. The Kier molecular flexibility index (Phi) is 2.18. The molecule has 0 bridgehead atoms. The largest absolute Gasteiger partial charge is 0.384 e. The van der Waals surface area contributed by atoms with Crippen LogP contribution < -0.4 is 10.6 Å². The van der Waals surface area contributed by atoms with Crippen molar-refractivity contribution in [2.75, 3.05) is 23.7 Å². The fraction of sp³-hybridized carbons (Fsp3) is 0.385. The molecule has 0 aromatic carbocycles. The van der Waals surface area contributed by atoms with Gasteiger partial charge in [-0.05, 0) is 24.3 Å². The molecule has 2 aromatic rings. The molecule has 96 valence electrons. The van der Waals surface area contributed by atoms with Crippen LogP contribution in [0.4, 0.5) is 11.8 Å². The maximum Gasteiger partial charge on any atom is 0.225 e. The average Bonchev–Trinajstić information content (AvgIpc) is 3.05. The van der Waals surface area contributed by atoms with Crippen LogP contribution in [-0.4, -0.2) is 33.0 Å². The van der Waals surface area contributed by atoms with Gasteiger partial charge < -0.3 is 10.6 Å². The summed E-state index contributed by atoms with van der Waals surface area (Å²) >= 11 is 0. The third-order valence-electron chi connectivity index (χ3n) is 3.84. The number of nitrogens with two attached hydrogens (primary N) is 1. The Labute approximate surface area is 110 Å². The summed E-state index contributed by atoms with van der Waals surface area (Å²) in [7, 11) is 0. The lowest BCUT2D eigenvalue weighted by Crippen LogP contribution is -2.23. The molecule has 0 radical (unpaired) electrons. The van der Waals surface area contributed by atoms with Crippen LogP contribution in [-0.2, 0) is 0 Å². The number of anilines is 2. The highest BCUT2D eigenvalue weighted by atomic mass is 15.3. The Bertz CT molecular complexity index is 601.